The number of benzene rings is 1. The number of hydrogen-bond acceptors (Lipinski definition) is 3. The molecule has 3 nitrogen and oxygen atoms in total. The molecule has 0 fully saturated rings. The van der Waals surface area contributed by atoms with E-state index in [2.05, 4.69) is 50.0 Å². The zero-order chi connectivity index (χ0) is 12.6. The van der Waals surface area contributed by atoms with Crippen molar-refractivity contribution in [1.29, 1.82) is 0 Å². The second kappa shape index (κ2) is 4.06. The third-order valence-corrected chi connectivity index (χ3v) is 3.42. The van der Waals surface area contributed by atoms with E-state index >= 15 is 0 Å². The van der Waals surface area contributed by atoms with Crippen molar-refractivity contribution in [3.8, 4) is 0 Å². The predicted molar refractivity (Wildman–Crippen MR) is 72.1 cm³/mol. The molecule has 2 N–H and O–H groups in total. The van der Waals surface area contributed by atoms with Crippen molar-refractivity contribution < 1.29 is 0 Å². The van der Waals surface area contributed by atoms with Crippen molar-refractivity contribution >= 4 is 5.96 Å². The van der Waals surface area contributed by atoms with Gasteiger partial charge in [-0.3, -0.25) is 4.99 Å². The first kappa shape index (κ1) is 12.0. The summed E-state index contributed by atoms with van der Waals surface area (Å²) in [6.45, 7) is 7.44. The molecule has 1 unspecified atom stereocenters. The SMILES string of the molecule is CN1C(N)=NCC1c1ccc(C(C)(C)C)cc1. The number of aliphatic imine (C=N–C) groups is 1. The van der Waals surface area contributed by atoms with Crippen LogP contribution in [0.2, 0.25) is 0 Å². The van der Waals surface area contributed by atoms with Gasteiger partial charge < -0.3 is 10.6 Å². The number of hydrogen-bond donors (Lipinski definition) is 1. The van der Waals surface area contributed by atoms with Gasteiger partial charge in [-0.25, -0.2) is 0 Å². The van der Waals surface area contributed by atoms with Gasteiger partial charge in [0.25, 0.3) is 0 Å². The van der Waals surface area contributed by atoms with Gasteiger partial charge in [0.1, 0.15) is 0 Å². The van der Waals surface area contributed by atoms with E-state index in [0.29, 0.717) is 12.0 Å². The van der Waals surface area contributed by atoms with Crippen LogP contribution in [0.5, 0.6) is 0 Å². The van der Waals surface area contributed by atoms with Crippen LogP contribution in [0.4, 0.5) is 0 Å². The summed E-state index contributed by atoms with van der Waals surface area (Å²) in [5.74, 6) is 0.634. The molecule has 1 heterocycles. The van der Waals surface area contributed by atoms with E-state index < -0.39 is 0 Å². The summed E-state index contributed by atoms with van der Waals surface area (Å²) in [5, 5.41) is 0. The Hall–Kier alpha value is -1.51. The zero-order valence-corrected chi connectivity index (χ0v) is 11.1. The number of rotatable bonds is 1. The quantitative estimate of drug-likeness (QED) is 0.805. The lowest BCUT2D eigenvalue weighted by Gasteiger charge is -2.23. The molecule has 0 saturated carbocycles. The first-order valence-electron chi connectivity index (χ1n) is 6.03. The number of guanidine groups is 1. The summed E-state index contributed by atoms with van der Waals surface area (Å²) < 4.78 is 0. The summed E-state index contributed by atoms with van der Waals surface area (Å²) in [5.41, 5.74) is 8.62. The third-order valence-electron chi connectivity index (χ3n) is 3.42. The van der Waals surface area contributed by atoms with Crippen molar-refractivity contribution in [3.05, 3.63) is 35.4 Å². The summed E-state index contributed by atoms with van der Waals surface area (Å²) in [6, 6.07) is 9.09. The van der Waals surface area contributed by atoms with Crippen LogP contribution in [0.25, 0.3) is 0 Å². The molecule has 0 aliphatic carbocycles. The molecule has 92 valence electrons. The van der Waals surface area contributed by atoms with E-state index in [4.69, 9.17) is 5.73 Å². The maximum Gasteiger partial charge on any atom is 0.191 e. The van der Waals surface area contributed by atoms with Crippen LogP contribution in [0, 0.1) is 0 Å². The maximum atomic E-state index is 5.78. The Bertz CT molecular complexity index is 426. The fraction of sp³-hybridized carbons (Fsp3) is 0.500. The van der Waals surface area contributed by atoms with Crippen molar-refractivity contribution in [2.75, 3.05) is 13.6 Å². The Balaban J connectivity index is 2.20. The lowest BCUT2D eigenvalue weighted by molar-refractivity contribution is 0.414. The van der Waals surface area contributed by atoms with Gasteiger partial charge in [0.2, 0.25) is 0 Å². The van der Waals surface area contributed by atoms with E-state index in [1.54, 1.807) is 0 Å². The minimum Gasteiger partial charge on any atom is -0.370 e. The molecule has 2 rings (SSSR count). The summed E-state index contributed by atoms with van der Waals surface area (Å²) in [7, 11) is 1.99. The van der Waals surface area contributed by atoms with Crippen LogP contribution in [0.15, 0.2) is 29.3 Å². The van der Waals surface area contributed by atoms with Gasteiger partial charge in [0.05, 0.1) is 12.6 Å². The highest BCUT2D eigenvalue weighted by Gasteiger charge is 2.24. The zero-order valence-electron chi connectivity index (χ0n) is 11.1. The lowest BCUT2D eigenvalue weighted by Crippen LogP contribution is -2.32. The van der Waals surface area contributed by atoms with Gasteiger partial charge in [0.15, 0.2) is 5.96 Å². The monoisotopic (exact) mass is 231 g/mol. The molecule has 1 atom stereocenters. The molecule has 0 saturated heterocycles. The summed E-state index contributed by atoms with van der Waals surface area (Å²) in [4.78, 5) is 6.30. The van der Waals surface area contributed by atoms with Gasteiger partial charge in [-0.1, -0.05) is 45.0 Å². The Morgan fingerprint density at radius 3 is 2.24 bits per heavy atom. The predicted octanol–water partition coefficient (Wildman–Crippen LogP) is 2.29. The molecule has 1 aliphatic heterocycles. The first-order chi connectivity index (χ1) is 7.89. The molecule has 0 amide bonds. The Labute approximate surface area is 103 Å². The first-order valence-corrected chi connectivity index (χ1v) is 6.03. The highest BCUT2D eigenvalue weighted by atomic mass is 15.3. The van der Waals surface area contributed by atoms with Crippen LogP contribution >= 0.6 is 0 Å². The van der Waals surface area contributed by atoms with Crippen LogP contribution in [0.3, 0.4) is 0 Å². The average Bonchev–Trinajstić information content (AvgIpc) is 2.59. The molecule has 0 aromatic heterocycles. The van der Waals surface area contributed by atoms with E-state index in [1.165, 1.54) is 11.1 Å². The fourth-order valence-electron chi connectivity index (χ4n) is 2.11. The van der Waals surface area contributed by atoms with Crippen molar-refractivity contribution in [3.63, 3.8) is 0 Å². The Morgan fingerprint density at radius 2 is 1.82 bits per heavy atom. The minimum absolute atomic E-state index is 0.204. The molecule has 1 aromatic carbocycles. The van der Waals surface area contributed by atoms with Gasteiger partial charge >= 0.3 is 0 Å². The van der Waals surface area contributed by atoms with Crippen molar-refractivity contribution in [2.45, 2.75) is 32.2 Å². The number of likely N-dealkylation sites (N-methyl/N-ethyl adjacent to an activating group) is 1. The molecule has 0 bridgehead atoms. The molecule has 17 heavy (non-hydrogen) atoms. The highest BCUT2D eigenvalue weighted by molar-refractivity contribution is 5.80. The maximum absolute atomic E-state index is 5.78. The number of nitrogens with zero attached hydrogens (tertiary/aromatic N) is 2. The van der Waals surface area contributed by atoms with E-state index in [0.717, 1.165) is 6.54 Å². The summed E-state index contributed by atoms with van der Waals surface area (Å²) in [6.07, 6.45) is 0. The minimum atomic E-state index is 0.204. The smallest absolute Gasteiger partial charge is 0.191 e. The topological polar surface area (TPSA) is 41.6 Å². The summed E-state index contributed by atoms with van der Waals surface area (Å²) >= 11 is 0. The van der Waals surface area contributed by atoms with Gasteiger partial charge in [0, 0.05) is 7.05 Å². The standard InChI is InChI=1S/C14H21N3/c1-14(2,3)11-7-5-10(6-8-11)12-9-16-13(15)17(12)4/h5-8,12H,9H2,1-4H3,(H2,15,16). The van der Waals surface area contributed by atoms with Crippen LogP contribution in [-0.4, -0.2) is 24.5 Å². The second-order valence-corrected chi connectivity index (χ2v) is 5.70. The average molecular weight is 231 g/mol. The van der Waals surface area contributed by atoms with Gasteiger partial charge in [-0.15, -0.1) is 0 Å². The van der Waals surface area contributed by atoms with Gasteiger partial charge in [-0.05, 0) is 16.5 Å². The number of nitrogens with two attached hydrogens (primary N) is 1. The highest BCUT2D eigenvalue weighted by Crippen LogP contribution is 2.27. The van der Waals surface area contributed by atoms with Crippen LogP contribution in [0.1, 0.15) is 37.9 Å². The van der Waals surface area contributed by atoms with Crippen molar-refractivity contribution in [1.82, 2.24) is 4.90 Å². The largest absolute Gasteiger partial charge is 0.370 e. The second-order valence-electron chi connectivity index (χ2n) is 5.70. The molecule has 3 heteroatoms. The molecular formula is C14H21N3. The van der Waals surface area contributed by atoms with Crippen LogP contribution < -0.4 is 5.73 Å². The molecule has 0 radical (unpaired) electrons. The third kappa shape index (κ3) is 2.28. The Kier molecular flexibility index (Phi) is 2.86. The van der Waals surface area contributed by atoms with E-state index in [9.17, 15) is 0 Å². The molecule has 1 aromatic rings. The van der Waals surface area contributed by atoms with Crippen molar-refractivity contribution in [2.24, 2.45) is 10.7 Å². The van der Waals surface area contributed by atoms with E-state index in [-0.39, 0.29) is 5.41 Å². The fourth-order valence-corrected chi connectivity index (χ4v) is 2.11. The Morgan fingerprint density at radius 1 is 1.24 bits per heavy atom. The molecule has 0 spiro atoms. The molecular weight excluding hydrogens is 210 g/mol. The molecule has 1 aliphatic rings. The van der Waals surface area contributed by atoms with Gasteiger partial charge in [-0.2, -0.15) is 0 Å². The lowest BCUT2D eigenvalue weighted by atomic mass is 9.86. The normalized spacial score (nSPS) is 20.6. The van der Waals surface area contributed by atoms with Crippen LogP contribution in [-0.2, 0) is 5.41 Å². The van der Waals surface area contributed by atoms with E-state index in [1.807, 2.05) is 11.9 Å².